The van der Waals surface area contributed by atoms with Crippen molar-refractivity contribution >= 4 is 25.5 Å². The molecule has 0 rings (SSSR count). The smallest absolute Gasteiger partial charge is 0.462 e. The fourth-order valence-electron chi connectivity index (χ4n) is 5.08. The SMILES string of the molecule is CCCCC/C=C\C/C=C\C/C=C\C=C\C(=O)CCCC(=O)OC[C@H](COP(=O)(O)OCC[N+](C)(C)C)OC(=O)CCCCCCCCCCCCC. The van der Waals surface area contributed by atoms with Gasteiger partial charge in [-0.05, 0) is 44.6 Å². The van der Waals surface area contributed by atoms with Gasteiger partial charge in [0.2, 0.25) is 0 Å². The molecule has 0 heterocycles. The first-order valence-electron chi connectivity index (χ1n) is 20.3. The van der Waals surface area contributed by atoms with Gasteiger partial charge < -0.3 is 18.9 Å². The number of carbonyl (C=O) groups excluding carboxylic acids is 3. The Bertz CT molecular complexity index is 1110. The highest BCUT2D eigenvalue weighted by atomic mass is 31.2. The van der Waals surface area contributed by atoms with Crippen molar-refractivity contribution in [3.63, 3.8) is 0 Å². The van der Waals surface area contributed by atoms with Crippen molar-refractivity contribution in [1.29, 1.82) is 0 Å². The molecule has 0 aromatic heterocycles. The number of esters is 2. The van der Waals surface area contributed by atoms with Gasteiger partial charge in [-0.25, -0.2) is 4.57 Å². The molecule has 1 N–H and O–H groups in total. The zero-order valence-corrected chi connectivity index (χ0v) is 34.9. The number of ether oxygens (including phenoxy) is 2. The molecule has 0 aliphatic rings. The standard InChI is InChI=1S/C42H74NO9P/c1-6-8-10-12-14-16-18-19-21-22-24-26-28-31-39(44)32-30-34-41(45)49-37-40(38-51-53(47,48)50-36-35-43(3,4)5)52-42(46)33-29-27-25-23-20-17-15-13-11-9-7-2/h14,16,19,21,24,26,28,31,40H,6-13,15,17-18,20,22-23,25,27,29-30,32-38H2,1-5H3/p+1/b16-14-,21-19-,26-24-,31-28+/t40-/m1/s1. The lowest BCUT2D eigenvalue weighted by Crippen LogP contribution is -2.37. The summed E-state index contributed by atoms with van der Waals surface area (Å²) in [6, 6.07) is 0. The monoisotopic (exact) mass is 769 g/mol. The van der Waals surface area contributed by atoms with Gasteiger partial charge in [0.25, 0.3) is 0 Å². The van der Waals surface area contributed by atoms with Crippen molar-refractivity contribution in [3.8, 4) is 0 Å². The molecule has 0 amide bonds. The molecule has 0 spiro atoms. The van der Waals surface area contributed by atoms with Crippen LogP contribution in [-0.4, -0.2) is 80.7 Å². The van der Waals surface area contributed by atoms with Crippen LogP contribution in [0.25, 0.3) is 0 Å². The van der Waals surface area contributed by atoms with E-state index in [2.05, 4.69) is 38.2 Å². The van der Waals surface area contributed by atoms with Crippen LogP contribution in [0, 0.1) is 0 Å². The highest BCUT2D eigenvalue weighted by molar-refractivity contribution is 7.47. The maximum absolute atomic E-state index is 12.6. The predicted octanol–water partition coefficient (Wildman–Crippen LogP) is 10.3. The summed E-state index contributed by atoms with van der Waals surface area (Å²) in [7, 11) is 1.35. The number of quaternary nitrogens is 1. The number of phosphoric ester groups is 1. The van der Waals surface area contributed by atoms with Crippen molar-refractivity contribution in [2.75, 3.05) is 47.5 Å². The van der Waals surface area contributed by atoms with Gasteiger partial charge in [0.1, 0.15) is 19.8 Å². The Hall–Kier alpha value is -2.36. The second kappa shape index (κ2) is 34.2. The van der Waals surface area contributed by atoms with E-state index < -0.39 is 32.5 Å². The molecule has 0 aliphatic heterocycles. The maximum atomic E-state index is 12.6. The van der Waals surface area contributed by atoms with Gasteiger partial charge >= 0.3 is 19.8 Å². The van der Waals surface area contributed by atoms with Crippen LogP contribution in [0.2, 0.25) is 0 Å². The van der Waals surface area contributed by atoms with Gasteiger partial charge in [-0.2, -0.15) is 0 Å². The lowest BCUT2D eigenvalue weighted by molar-refractivity contribution is -0.870. The minimum Gasteiger partial charge on any atom is -0.462 e. The predicted molar refractivity (Wildman–Crippen MR) is 215 cm³/mol. The first kappa shape index (κ1) is 50.6. The van der Waals surface area contributed by atoms with Gasteiger partial charge in [0, 0.05) is 19.3 Å². The summed E-state index contributed by atoms with van der Waals surface area (Å²) >= 11 is 0. The summed E-state index contributed by atoms with van der Waals surface area (Å²) in [4.78, 5) is 47.4. The van der Waals surface area contributed by atoms with Crippen LogP contribution in [0.5, 0.6) is 0 Å². The summed E-state index contributed by atoms with van der Waals surface area (Å²) < 4.78 is 33.9. The molecule has 0 radical (unpaired) electrons. The Morgan fingerprint density at radius 2 is 1.21 bits per heavy atom. The molecule has 0 fully saturated rings. The summed E-state index contributed by atoms with van der Waals surface area (Å²) in [5.74, 6) is -1.16. The fraction of sp³-hybridized carbons (Fsp3) is 0.738. The Balaban J connectivity index is 4.60. The molecule has 0 saturated heterocycles. The van der Waals surface area contributed by atoms with E-state index in [9.17, 15) is 23.8 Å². The number of ketones is 1. The van der Waals surface area contributed by atoms with Crippen LogP contribution in [0.4, 0.5) is 0 Å². The minimum absolute atomic E-state index is 0.000184. The first-order chi connectivity index (χ1) is 25.4. The van der Waals surface area contributed by atoms with Crippen molar-refractivity contribution in [3.05, 3.63) is 48.6 Å². The lowest BCUT2D eigenvalue weighted by atomic mass is 10.1. The van der Waals surface area contributed by atoms with Crippen molar-refractivity contribution in [1.82, 2.24) is 0 Å². The Kier molecular flexibility index (Phi) is 32.6. The Morgan fingerprint density at radius 3 is 1.85 bits per heavy atom. The largest absolute Gasteiger partial charge is 0.472 e. The number of carbonyl (C=O) groups is 3. The van der Waals surface area contributed by atoms with Crippen LogP contribution in [0.15, 0.2) is 48.6 Å². The maximum Gasteiger partial charge on any atom is 0.472 e. The highest BCUT2D eigenvalue weighted by Crippen LogP contribution is 2.43. The molecule has 0 aromatic carbocycles. The van der Waals surface area contributed by atoms with E-state index in [4.69, 9.17) is 18.5 Å². The third kappa shape index (κ3) is 37.7. The van der Waals surface area contributed by atoms with Crippen LogP contribution < -0.4 is 0 Å². The Labute approximate surface area is 322 Å². The van der Waals surface area contributed by atoms with Crippen LogP contribution in [0.1, 0.15) is 149 Å². The minimum atomic E-state index is -4.42. The molecular formula is C42H75NO9P+. The average molecular weight is 769 g/mol. The molecular weight excluding hydrogens is 693 g/mol. The molecule has 0 saturated carbocycles. The third-order valence-electron chi connectivity index (χ3n) is 8.34. The van der Waals surface area contributed by atoms with E-state index in [-0.39, 0.29) is 38.3 Å². The van der Waals surface area contributed by atoms with Crippen LogP contribution in [0.3, 0.4) is 0 Å². The Morgan fingerprint density at radius 1 is 0.642 bits per heavy atom. The average Bonchev–Trinajstić information content (AvgIpc) is 3.09. The van der Waals surface area contributed by atoms with Crippen molar-refractivity contribution in [2.24, 2.45) is 0 Å². The highest BCUT2D eigenvalue weighted by Gasteiger charge is 2.27. The number of rotatable bonds is 36. The topological polar surface area (TPSA) is 125 Å². The first-order valence-corrected chi connectivity index (χ1v) is 21.8. The van der Waals surface area contributed by atoms with E-state index in [1.807, 2.05) is 33.3 Å². The van der Waals surface area contributed by atoms with E-state index >= 15 is 0 Å². The zero-order chi connectivity index (χ0) is 39.5. The van der Waals surface area contributed by atoms with Gasteiger partial charge in [-0.15, -0.1) is 0 Å². The number of nitrogens with zero attached hydrogens (tertiary/aromatic N) is 1. The molecule has 0 aromatic rings. The summed E-state index contributed by atoms with van der Waals surface area (Å²) in [6.07, 6.45) is 34.5. The number of unbranched alkanes of at least 4 members (excludes halogenated alkanes) is 13. The van der Waals surface area contributed by atoms with Crippen LogP contribution >= 0.6 is 7.82 Å². The molecule has 1 unspecified atom stereocenters. The molecule has 53 heavy (non-hydrogen) atoms. The molecule has 0 bridgehead atoms. The number of allylic oxidation sites excluding steroid dienone is 8. The third-order valence-corrected chi connectivity index (χ3v) is 9.32. The number of phosphoric acid groups is 1. The normalized spacial score (nSPS) is 14.1. The molecule has 306 valence electrons. The number of likely N-dealkylation sites (N-methyl/N-ethyl adjacent to an activating group) is 1. The van der Waals surface area contributed by atoms with Crippen molar-refractivity contribution < 1.29 is 46.8 Å². The lowest BCUT2D eigenvalue weighted by Gasteiger charge is -2.24. The molecule has 10 nitrogen and oxygen atoms in total. The van der Waals surface area contributed by atoms with E-state index in [1.54, 1.807) is 6.08 Å². The molecule has 11 heteroatoms. The van der Waals surface area contributed by atoms with Gasteiger partial charge in [-0.1, -0.05) is 133 Å². The second-order valence-electron chi connectivity index (χ2n) is 14.7. The van der Waals surface area contributed by atoms with Gasteiger partial charge in [0.05, 0.1) is 27.7 Å². The van der Waals surface area contributed by atoms with E-state index in [1.165, 1.54) is 70.3 Å². The quantitative estimate of drug-likeness (QED) is 0.0126. The second-order valence-corrected chi connectivity index (χ2v) is 16.2. The fourth-order valence-corrected chi connectivity index (χ4v) is 5.82. The zero-order valence-electron chi connectivity index (χ0n) is 34.0. The van der Waals surface area contributed by atoms with Gasteiger partial charge in [0.15, 0.2) is 11.9 Å². The summed E-state index contributed by atoms with van der Waals surface area (Å²) in [5.41, 5.74) is 0. The summed E-state index contributed by atoms with van der Waals surface area (Å²) in [5, 5.41) is 0. The van der Waals surface area contributed by atoms with E-state index in [0.717, 1.165) is 38.5 Å². The number of hydrogen-bond donors (Lipinski definition) is 1. The van der Waals surface area contributed by atoms with Crippen LogP contribution in [-0.2, 0) is 37.5 Å². The molecule has 2 atom stereocenters. The number of hydrogen-bond acceptors (Lipinski definition) is 8. The van der Waals surface area contributed by atoms with Crippen molar-refractivity contribution in [2.45, 2.75) is 155 Å². The van der Waals surface area contributed by atoms with Gasteiger partial charge in [-0.3, -0.25) is 23.4 Å². The summed E-state index contributed by atoms with van der Waals surface area (Å²) in [6.45, 7) is 4.08. The molecule has 0 aliphatic carbocycles. The van der Waals surface area contributed by atoms with E-state index in [0.29, 0.717) is 23.9 Å².